The molecule has 1 aliphatic heterocycles. The van der Waals surface area contributed by atoms with Crippen molar-refractivity contribution in [3.05, 3.63) is 17.8 Å². The van der Waals surface area contributed by atoms with Crippen LogP contribution < -0.4 is 10.6 Å². The van der Waals surface area contributed by atoms with Crippen LogP contribution in [0.5, 0.6) is 0 Å². The van der Waals surface area contributed by atoms with E-state index in [1.807, 2.05) is 0 Å². The zero-order valence-electron chi connectivity index (χ0n) is 13.0. The number of carbonyl (C=O) groups is 1. The quantitative estimate of drug-likeness (QED) is 0.864. The van der Waals surface area contributed by atoms with Crippen LogP contribution in [0.4, 0.5) is 11.5 Å². The Labute approximate surface area is 126 Å². The maximum Gasteiger partial charge on any atom is 0.340 e. The fraction of sp³-hybridized carbons (Fsp3) is 0.625. The number of ether oxygens (including phenoxy) is 1. The van der Waals surface area contributed by atoms with Gasteiger partial charge in [0, 0.05) is 13.1 Å². The third-order valence-corrected chi connectivity index (χ3v) is 4.19. The van der Waals surface area contributed by atoms with E-state index in [1.165, 1.54) is 39.2 Å². The first-order chi connectivity index (χ1) is 10.2. The molecule has 0 radical (unpaired) electrons. The molecular formula is C16H25N3O2. The van der Waals surface area contributed by atoms with Gasteiger partial charge in [-0.15, -0.1) is 0 Å². The molecule has 21 heavy (non-hydrogen) atoms. The molecule has 1 fully saturated rings. The smallest absolute Gasteiger partial charge is 0.340 e. The molecule has 0 bridgehead atoms. The first-order valence-electron chi connectivity index (χ1n) is 7.74. The molecular weight excluding hydrogens is 266 g/mol. The molecule has 1 atom stereocenters. The van der Waals surface area contributed by atoms with Gasteiger partial charge in [0.1, 0.15) is 5.82 Å². The average Bonchev–Trinajstić information content (AvgIpc) is 2.73. The standard InChI is InChI=1S/C16H25N3O2/c1-3-5-12-6-4-8-19(9-7-12)15-10-13(16(20)21-2)14(17)11-18-15/h10-12H,3-9,17H2,1-2H3. The largest absolute Gasteiger partial charge is 0.465 e. The van der Waals surface area contributed by atoms with E-state index < -0.39 is 5.97 Å². The van der Waals surface area contributed by atoms with E-state index in [1.54, 1.807) is 12.3 Å². The Morgan fingerprint density at radius 3 is 3.00 bits per heavy atom. The van der Waals surface area contributed by atoms with Crippen LogP contribution in [-0.4, -0.2) is 31.2 Å². The molecule has 0 aromatic carbocycles. The summed E-state index contributed by atoms with van der Waals surface area (Å²) in [4.78, 5) is 18.4. The monoisotopic (exact) mass is 291 g/mol. The van der Waals surface area contributed by atoms with Crippen LogP contribution in [0.25, 0.3) is 0 Å². The number of nitrogen functional groups attached to an aromatic ring is 1. The molecule has 1 unspecified atom stereocenters. The summed E-state index contributed by atoms with van der Waals surface area (Å²) < 4.78 is 4.77. The highest BCUT2D eigenvalue weighted by atomic mass is 16.5. The van der Waals surface area contributed by atoms with Gasteiger partial charge in [-0.05, 0) is 31.2 Å². The summed E-state index contributed by atoms with van der Waals surface area (Å²) in [5.74, 6) is 1.23. The number of anilines is 2. The number of methoxy groups -OCH3 is 1. The Hall–Kier alpha value is -1.78. The number of aromatic nitrogens is 1. The molecule has 0 spiro atoms. The Bertz CT molecular complexity index is 490. The van der Waals surface area contributed by atoms with Gasteiger partial charge >= 0.3 is 5.97 Å². The van der Waals surface area contributed by atoms with Crippen molar-refractivity contribution >= 4 is 17.5 Å². The fourth-order valence-electron chi connectivity index (χ4n) is 3.01. The fourth-order valence-corrected chi connectivity index (χ4v) is 3.01. The molecule has 0 aliphatic carbocycles. The third kappa shape index (κ3) is 3.86. The second kappa shape index (κ2) is 7.29. The van der Waals surface area contributed by atoms with Gasteiger partial charge in [-0.3, -0.25) is 0 Å². The number of rotatable bonds is 4. The maximum absolute atomic E-state index is 11.7. The highest BCUT2D eigenvalue weighted by Gasteiger charge is 2.19. The molecule has 2 rings (SSSR count). The molecule has 5 heteroatoms. The van der Waals surface area contributed by atoms with E-state index in [2.05, 4.69) is 16.8 Å². The molecule has 5 nitrogen and oxygen atoms in total. The number of carbonyl (C=O) groups excluding carboxylic acids is 1. The van der Waals surface area contributed by atoms with E-state index in [9.17, 15) is 4.79 Å². The summed E-state index contributed by atoms with van der Waals surface area (Å²) in [5, 5.41) is 0. The normalized spacial score (nSPS) is 19.1. The number of nitrogens with zero attached hydrogens (tertiary/aromatic N) is 2. The van der Waals surface area contributed by atoms with Crippen molar-refractivity contribution in [3.8, 4) is 0 Å². The van der Waals surface area contributed by atoms with E-state index >= 15 is 0 Å². The molecule has 0 amide bonds. The first kappa shape index (κ1) is 15.6. The van der Waals surface area contributed by atoms with Gasteiger partial charge in [0.05, 0.1) is 24.6 Å². The summed E-state index contributed by atoms with van der Waals surface area (Å²) in [6, 6.07) is 1.75. The molecule has 2 N–H and O–H groups in total. The van der Waals surface area contributed by atoms with Crippen LogP contribution in [0.3, 0.4) is 0 Å². The summed E-state index contributed by atoms with van der Waals surface area (Å²) >= 11 is 0. The highest BCUT2D eigenvalue weighted by molar-refractivity contribution is 5.95. The van der Waals surface area contributed by atoms with Gasteiger partial charge in [0.25, 0.3) is 0 Å². The van der Waals surface area contributed by atoms with Gasteiger partial charge in [-0.2, -0.15) is 0 Å². The van der Waals surface area contributed by atoms with Gasteiger partial charge < -0.3 is 15.4 Å². The highest BCUT2D eigenvalue weighted by Crippen LogP contribution is 2.26. The molecule has 1 aromatic rings. The SMILES string of the molecule is CCCC1CCCN(c2cc(C(=O)OC)c(N)cn2)CC1. The summed E-state index contributed by atoms with van der Waals surface area (Å²) in [6.07, 6.45) is 7.74. The van der Waals surface area contributed by atoms with Gasteiger partial charge in [-0.1, -0.05) is 19.8 Å². The lowest BCUT2D eigenvalue weighted by molar-refractivity contribution is 0.0602. The van der Waals surface area contributed by atoms with Crippen molar-refractivity contribution < 1.29 is 9.53 Å². The third-order valence-electron chi connectivity index (χ3n) is 4.19. The second-order valence-electron chi connectivity index (χ2n) is 5.69. The van der Waals surface area contributed by atoms with E-state index in [-0.39, 0.29) is 0 Å². The van der Waals surface area contributed by atoms with Crippen molar-refractivity contribution in [1.29, 1.82) is 0 Å². The van der Waals surface area contributed by atoms with Crippen molar-refractivity contribution in [2.45, 2.75) is 39.0 Å². The molecule has 1 saturated heterocycles. The Kier molecular flexibility index (Phi) is 5.42. The Morgan fingerprint density at radius 1 is 1.48 bits per heavy atom. The molecule has 1 aliphatic rings. The summed E-state index contributed by atoms with van der Waals surface area (Å²) in [7, 11) is 1.36. The van der Waals surface area contributed by atoms with Crippen molar-refractivity contribution in [2.24, 2.45) is 5.92 Å². The van der Waals surface area contributed by atoms with E-state index in [4.69, 9.17) is 10.5 Å². The number of hydrogen-bond donors (Lipinski definition) is 1. The topological polar surface area (TPSA) is 68.5 Å². The van der Waals surface area contributed by atoms with Crippen molar-refractivity contribution in [3.63, 3.8) is 0 Å². The van der Waals surface area contributed by atoms with Crippen LogP contribution in [0.15, 0.2) is 12.3 Å². The van der Waals surface area contributed by atoms with E-state index in [0.29, 0.717) is 11.3 Å². The van der Waals surface area contributed by atoms with Crippen LogP contribution in [0.1, 0.15) is 49.4 Å². The molecule has 2 heterocycles. The van der Waals surface area contributed by atoms with Crippen LogP contribution >= 0.6 is 0 Å². The predicted molar refractivity (Wildman–Crippen MR) is 84.5 cm³/mol. The Balaban J connectivity index is 2.12. The van der Waals surface area contributed by atoms with Crippen LogP contribution in [-0.2, 0) is 4.74 Å². The average molecular weight is 291 g/mol. The molecule has 116 valence electrons. The minimum atomic E-state index is -0.408. The van der Waals surface area contributed by atoms with Crippen molar-refractivity contribution in [2.75, 3.05) is 30.8 Å². The van der Waals surface area contributed by atoms with Crippen LogP contribution in [0.2, 0.25) is 0 Å². The lowest BCUT2D eigenvalue weighted by atomic mass is 9.96. The number of nitrogens with two attached hydrogens (primary N) is 1. The predicted octanol–water partition coefficient (Wildman–Crippen LogP) is 2.86. The summed E-state index contributed by atoms with van der Waals surface area (Å²) in [6.45, 7) is 4.22. The molecule has 1 aromatic heterocycles. The minimum Gasteiger partial charge on any atom is -0.465 e. The van der Waals surface area contributed by atoms with Gasteiger partial charge in [-0.25, -0.2) is 9.78 Å². The number of pyridine rings is 1. The van der Waals surface area contributed by atoms with E-state index in [0.717, 1.165) is 24.8 Å². The van der Waals surface area contributed by atoms with Crippen LogP contribution in [0, 0.1) is 5.92 Å². The lowest BCUT2D eigenvalue weighted by Crippen LogP contribution is -2.25. The molecule has 0 saturated carbocycles. The zero-order valence-corrected chi connectivity index (χ0v) is 13.0. The second-order valence-corrected chi connectivity index (χ2v) is 5.69. The summed E-state index contributed by atoms with van der Waals surface area (Å²) in [5.41, 5.74) is 6.57. The van der Waals surface area contributed by atoms with Gasteiger partial charge in [0.15, 0.2) is 0 Å². The zero-order chi connectivity index (χ0) is 15.2. The Morgan fingerprint density at radius 2 is 2.29 bits per heavy atom. The number of hydrogen-bond acceptors (Lipinski definition) is 5. The maximum atomic E-state index is 11.7. The lowest BCUT2D eigenvalue weighted by Gasteiger charge is -2.22. The first-order valence-corrected chi connectivity index (χ1v) is 7.74. The number of esters is 1. The minimum absolute atomic E-state index is 0.365. The van der Waals surface area contributed by atoms with Crippen molar-refractivity contribution in [1.82, 2.24) is 4.98 Å². The van der Waals surface area contributed by atoms with Gasteiger partial charge in [0.2, 0.25) is 0 Å².